The monoisotopic (exact) mass is 606 g/mol. The minimum Gasteiger partial charge on any atom is -0.352 e. The van der Waals surface area contributed by atoms with E-state index in [2.05, 4.69) is 5.32 Å². The summed E-state index contributed by atoms with van der Waals surface area (Å²) in [5, 5.41) is 4.40. The second-order valence-electron chi connectivity index (χ2n) is 9.65. The number of amides is 2. The van der Waals surface area contributed by atoms with Crippen LogP contribution < -0.4 is 5.32 Å². The smallest absolute Gasteiger partial charge is 0.243 e. The standard InChI is InChI=1S/C30H30Cl3FN2O2S/c31-22-14-13-21(26(33)16-22)17-36(29(37)19-39-18-24-25(32)11-6-12-27(24)34)28(15-20-7-2-1-3-8-20)30(38)35-23-9-4-5-10-23/h1-3,6-8,11-14,16,23,28H,4-5,9-10,15,17-19H2,(H,35,38). The quantitative estimate of drug-likeness (QED) is 0.243. The number of nitrogens with zero attached hydrogens (tertiary/aromatic N) is 1. The third-order valence-electron chi connectivity index (χ3n) is 6.86. The number of halogens is 4. The number of carbonyl (C=O) groups is 2. The van der Waals surface area contributed by atoms with Gasteiger partial charge in [0.15, 0.2) is 0 Å². The summed E-state index contributed by atoms with van der Waals surface area (Å²) >= 11 is 20.0. The molecule has 39 heavy (non-hydrogen) atoms. The number of hydrogen-bond acceptors (Lipinski definition) is 3. The van der Waals surface area contributed by atoms with Crippen LogP contribution in [-0.4, -0.2) is 34.6 Å². The molecular weight excluding hydrogens is 578 g/mol. The molecule has 4 nitrogen and oxygen atoms in total. The summed E-state index contributed by atoms with van der Waals surface area (Å²) in [7, 11) is 0. The van der Waals surface area contributed by atoms with E-state index in [4.69, 9.17) is 34.8 Å². The van der Waals surface area contributed by atoms with Gasteiger partial charge >= 0.3 is 0 Å². The predicted octanol–water partition coefficient (Wildman–Crippen LogP) is 7.72. The fourth-order valence-corrected chi connectivity index (χ4v) is 6.47. The van der Waals surface area contributed by atoms with Crippen molar-refractivity contribution >= 4 is 58.4 Å². The fourth-order valence-electron chi connectivity index (χ4n) is 4.75. The number of rotatable bonds is 11. The van der Waals surface area contributed by atoms with Crippen LogP contribution in [0.3, 0.4) is 0 Å². The number of benzene rings is 3. The normalized spacial score (nSPS) is 14.3. The number of thioether (sulfide) groups is 1. The van der Waals surface area contributed by atoms with E-state index in [-0.39, 0.29) is 35.9 Å². The molecule has 0 heterocycles. The van der Waals surface area contributed by atoms with Gasteiger partial charge in [0.2, 0.25) is 11.8 Å². The summed E-state index contributed by atoms with van der Waals surface area (Å²) in [6, 6.07) is 18.6. The van der Waals surface area contributed by atoms with Crippen molar-refractivity contribution in [3.8, 4) is 0 Å². The first-order chi connectivity index (χ1) is 18.8. The topological polar surface area (TPSA) is 49.4 Å². The maximum absolute atomic E-state index is 14.3. The average molecular weight is 608 g/mol. The van der Waals surface area contributed by atoms with Crippen molar-refractivity contribution in [1.82, 2.24) is 10.2 Å². The van der Waals surface area contributed by atoms with Crippen molar-refractivity contribution < 1.29 is 14.0 Å². The van der Waals surface area contributed by atoms with Crippen LogP contribution in [0.2, 0.25) is 15.1 Å². The maximum atomic E-state index is 14.3. The minimum absolute atomic E-state index is 0.0396. The summed E-state index contributed by atoms with van der Waals surface area (Å²) in [5.74, 6) is -0.583. The minimum atomic E-state index is -0.759. The van der Waals surface area contributed by atoms with Crippen LogP contribution in [0.15, 0.2) is 66.7 Å². The molecule has 3 aromatic rings. The fraction of sp³-hybridized carbons (Fsp3) is 0.333. The van der Waals surface area contributed by atoms with Crippen molar-refractivity contribution in [2.45, 2.75) is 56.5 Å². The Balaban J connectivity index is 1.60. The molecule has 2 amide bonds. The highest BCUT2D eigenvalue weighted by molar-refractivity contribution is 7.99. The third kappa shape index (κ3) is 8.37. The summed E-state index contributed by atoms with van der Waals surface area (Å²) in [5.41, 5.74) is 1.97. The van der Waals surface area contributed by atoms with Crippen LogP contribution >= 0.6 is 46.6 Å². The van der Waals surface area contributed by atoms with Gasteiger partial charge in [-0.3, -0.25) is 9.59 Å². The van der Waals surface area contributed by atoms with E-state index >= 15 is 0 Å². The lowest BCUT2D eigenvalue weighted by Gasteiger charge is -2.32. The van der Waals surface area contributed by atoms with Gasteiger partial charge < -0.3 is 10.2 Å². The van der Waals surface area contributed by atoms with E-state index in [1.54, 1.807) is 35.2 Å². The zero-order valence-corrected chi connectivity index (χ0v) is 24.4. The highest BCUT2D eigenvalue weighted by Crippen LogP contribution is 2.27. The number of nitrogens with one attached hydrogen (secondary N) is 1. The van der Waals surface area contributed by atoms with E-state index in [1.165, 1.54) is 17.8 Å². The molecule has 1 aliphatic rings. The van der Waals surface area contributed by atoms with Crippen LogP contribution in [0.5, 0.6) is 0 Å². The van der Waals surface area contributed by atoms with Gasteiger partial charge in [-0.2, -0.15) is 0 Å². The lowest BCUT2D eigenvalue weighted by atomic mass is 10.0. The first-order valence-corrected chi connectivity index (χ1v) is 15.2. The maximum Gasteiger partial charge on any atom is 0.243 e. The lowest BCUT2D eigenvalue weighted by Crippen LogP contribution is -2.52. The molecule has 206 valence electrons. The number of hydrogen-bond donors (Lipinski definition) is 1. The second kappa shape index (κ2) is 14.4. The molecule has 1 N–H and O–H groups in total. The van der Waals surface area contributed by atoms with Crippen molar-refractivity contribution in [2.75, 3.05) is 5.75 Å². The van der Waals surface area contributed by atoms with Crippen molar-refractivity contribution in [3.05, 3.63) is 104 Å². The summed E-state index contributed by atoms with van der Waals surface area (Å²) < 4.78 is 14.3. The molecule has 1 unspecified atom stereocenters. The molecule has 0 spiro atoms. The number of carbonyl (C=O) groups excluding carboxylic acids is 2. The van der Waals surface area contributed by atoms with E-state index in [0.717, 1.165) is 31.2 Å². The van der Waals surface area contributed by atoms with E-state index in [0.29, 0.717) is 32.6 Å². The molecule has 1 aliphatic carbocycles. The van der Waals surface area contributed by atoms with Crippen LogP contribution in [0.1, 0.15) is 42.4 Å². The Labute approximate surface area is 248 Å². The van der Waals surface area contributed by atoms with Crippen molar-refractivity contribution in [1.29, 1.82) is 0 Å². The first-order valence-electron chi connectivity index (χ1n) is 12.9. The van der Waals surface area contributed by atoms with Crippen LogP contribution in [-0.2, 0) is 28.3 Å². The van der Waals surface area contributed by atoms with Gasteiger partial charge in [-0.15, -0.1) is 11.8 Å². The average Bonchev–Trinajstić information content (AvgIpc) is 3.42. The highest BCUT2D eigenvalue weighted by atomic mass is 35.5. The molecule has 0 aromatic heterocycles. The highest BCUT2D eigenvalue weighted by Gasteiger charge is 2.32. The van der Waals surface area contributed by atoms with Crippen molar-refractivity contribution in [2.24, 2.45) is 0 Å². The first kappa shape index (κ1) is 29.7. The van der Waals surface area contributed by atoms with Crippen LogP contribution in [0, 0.1) is 5.82 Å². The molecule has 3 aromatic carbocycles. The summed E-state index contributed by atoms with van der Waals surface area (Å²) in [4.78, 5) is 29.1. The van der Waals surface area contributed by atoms with Gasteiger partial charge in [0.1, 0.15) is 11.9 Å². The molecule has 0 radical (unpaired) electrons. The van der Waals surface area contributed by atoms with Crippen molar-refractivity contribution in [3.63, 3.8) is 0 Å². The van der Waals surface area contributed by atoms with Crippen LogP contribution in [0.25, 0.3) is 0 Å². The van der Waals surface area contributed by atoms with Gasteiger partial charge in [0.25, 0.3) is 0 Å². The Bertz CT molecular complexity index is 1270. The Kier molecular flexibility index (Phi) is 11.0. The molecular formula is C30H30Cl3FN2O2S. The van der Waals surface area contributed by atoms with Gasteiger partial charge in [-0.05, 0) is 48.2 Å². The van der Waals surface area contributed by atoms with E-state index < -0.39 is 11.9 Å². The van der Waals surface area contributed by atoms with E-state index in [1.807, 2.05) is 30.3 Å². The zero-order chi connectivity index (χ0) is 27.8. The molecule has 0 saturated heterocycles. The van der Waals surface area contributed by atoms with Gasteiger partial charge in [-0.25, -0.2) is 4.39 Å². The predicted molar refractivity (Wildman–Crippen MR) is 159 cm³/mol. The van der Waals surface area contributed by atoms with Gasteiger partial charge in [0.05, 0.1) is 5.75 Å². The molecule has 1 atom stereocenters. The SMILES string of the molecule is O=C(NC1CCCC1)C(Cc1ccccc1)N(Cc1ccc(Cl)cc1Cl)C(=O)CSCc1c(F)cccc1Cl. The zero-order valence-electron chi connectivity index (χ0n) is 21.3. The Morgan fingerprint density at radius 2 is 1.72 bits per heavy atom. The molecule has 0 aliphatic heterocycles. The molecule has 0 bridgehead atoms. The second-order valence-corrected chi connectivity index (χ2v) is 11.9. The van der Waals surface area contributed by atoms with Gasteiger partial charge in [0, 0.05) is 45.4 Å². The largest absolute Gasteiger partial charge is 0.352 e. The third-order valence-corrected chi connectivity index (χ3v) is 8.75. The molecule has 9 heteroatoms. The molecule has 4 rings (SSSR count). The molecule has 1 fully saturated rings. The Morgan fingerprint density at radius 1 is 0.974 bits per heavy atom. The summed E-state index contributed by atoms with van der Waals surface area (Å²) in [6.07, 6.45) is 4.36. The summed E-state index contributed by atoms with van der Waals surface area (Å²) in [6.45, 7) is 0.130. The Hall–Kier alpha value is -2.25. The Morgan fingerprint density at radius 3 is 2.41 bits per heavy atom. The van der Waals surface area contributed by atoms with E-state index in [9.17, 15) is 14.0 Å². The van der Waals surface area contributed by atoms with Gasteiger partial charge in [-0.1, -0.05) is 90.1 Å². The lowest BCUT2D eigenvalue weighted by molar-refractivity contribution is -0.139. The van der Waals surface area contributed by atoms with Crippen LogP contribution in [0.4, 0.5) is 4.39 Å². The molecule has 1 saturated carbocycles.